The number of benzene rings is 1. The molecule has 1 saturated heterocycles. The van der Waals surface area contributed by atoms with Gasteiger partial charge in [-0.2, -0.15) is 0 Å². The number of nitrogens with one attached hydrogen (secondary N) is 2. The minimum absolute atomic E-state index is 0.196. The van der Waals surface area contributed by atoms with Gasteiger partial charge in [0, 0.05) is 43.6 Å². The Hall–Kier alpha value is -3.36. The number of carbonyl (C=O) groups is 1. The molecule has 3 aromatic heterocycles. The van der Waals surface area contributed by atoms with E-state index in [4.69, 9.17) is 4.98 Å². The average Bonchev–Trinajstić information content (AvgIpc) is 3.17. The molecule has 5 rings (SSSR count). The maximum absolute atomic E-state index is 14.5. The summed E-state index contributed by atoms with van der Waals surface area (Å²) in [7, 11) is -2.68. The number of carbonyl (C=O) groups excluding carboxylic acids is 1. The summed E-state index contributed by atoms with van der Waals surface area (Å²) >= 11 is 0. The second kappa shape index (κ2) is 8.94. The molecule has 0 bridgehead atoms. The van der Waals surface area contributed by atoms with E-state index in [0.717, 1.165) is 18.8 Å². The first-order valence-electron chi connectivity index (χ1n) is 11.8. The summed E-state index contributed by atoms with van der Waals surface area (Å²) in [5.74, 6) is -0.975. The Labute approximate surface area is 208 Å². The Morgan fingerprint density at radius 2 is 1.86 bits per heavy atom. The monoisotopic (exact) mass is 509 g/mol. The molecule has 188 valence electrons. The van der Waals surface area contributed by atoms with E-state index in [2.05, 4.69) is 39.3 Å². The maximum atomic E-state index is 14.5. The summed E-state index contributed by atoms with van der Waals surface area (Å²) in [4.78, 5) is 29.0. The van der Waals surface area contributed by atoms with Crippen LogP contribution in [0.3, 0.4) is 0 Å². The van der Waals surface area contributed by atoms with Crippen molar-refractivity contribution < 1.29 is 13.8 Å². The van der Waals surface area contributed by atoms with Crippen LogP contribution < -0.4 is 21.0 Å². The molecule has 2 N–H and O–H groups in total. The third-order valence-corrected chi connectivity index (χ3v) is 7.56. The largest absolute Gasteiger partial charge is 0.367 e. The number of halogens is 1. The second-order valence-corrected chi connectivity index (χ2v) is 13.1. The van der Waals surface area contributed by atoms with Crippen LogP contribution in [0, 0.1) is 12.7 Å². The molecule has 1 fully saturated rings. The summed E-state index contributed by atoms with van der Waals surface area (Å²) in [6.45, 7) is 10.8. The van der Waals surface area contributed by atoms with Crippen molar-refractivity contribution in [2.75, 3.05) is 36.6 Å². The van der Waals surface area contributed by atoms with Crippen LogP contribution in [-0.4, -0.2) is 63.8 Å². The van der Waals surface area contributed by atoms with Gasteiger partial charge in [0.2, 0.25) is 0 Å². The van der Waals surface area contributed by atoms with Crippen LogP contribution in [0.25, 0.3) is 16.7 Å². The lowest BCUT2D eigenvalue weighted by molar-refractivity contribution is 0.102. The van der Waals surface area contributed by atoms with Gasteiger partial charge in [-0.3, -0.25) is 9.78 Å². The van der Waals surface area contributed by atoms with Crippen LogP contribution in [0.1, 0.15) is 29.9 Å². The molecule has 0 radical (unpaired) electrons. The Balaban J connectivity index is 1.58. The van der Waals surface area contributed by atoms with Crippen molar-refractivity contribution in [3.05, 3.63) is 53.9 Å². The van der Waals surface area contributed by atoms with Crippen molar-refractivity contribution in [1.82, 2.24) is 24.7 Å². The second-order valence-electron chi connectivity index (χ2n) is 9.93. The number of hydrogen-bond acceptors (Lipinski definition) is 7. The minimum Gasteiger partial charge on any atom is -0.367 e. The van der Waals surface area contributed by atoms with Crippen LogP contribution in [0.4, 0.5) is 15.8 Å². The van der Waals surface area contributed by atoms with Crippen molar-refractivity contribution in [2.24, 2.45) is 0 Å². The lowest BCUT2D eigenvalue weighted by Crippen LogP contribution is -2.54. The highest BCUT2D eigenvalue weighted by atomic mass is 31.2. The predicted molar refractivity (Wildman–Crippen MR) is 141 cm³/mol. The van der Waals surface area contributed by atoms with E-state index in [1.54, 1.807) is 43.1 Å². The Bertz CT molecular complexity index is 1540. The van der Waals surface area contributed by atoms with Crippen LogP contribution >= 0.6 is 7.14 Å². The van der Waals surface area contributed by atoms with E-state index in [0.29, 0.717) is 33.4 Å². The van der Waals surface area contributed by atoms with Crippen LogP contribution in [0.2, 0.25) is 0 Å². The molecule has 1 aromatic carbocycles. The molecule has 0 unspecified atom stereocenters. The SMILES string of the molecule is Cc1cn2cc(NC(=O)c3ccc(N4C[C@@H](C)N[C@H](C)C4)c4nc(P(C)(C)=O)cnc34)cc(F)c2n1. The summed E-state index contributed by atoms with van der Waals surface area (Å²) in [5, 5.41) is 6.29. The third kappa shape index (κ3) is 4.58. The van der Waals surface area contributed by atoms with Crippen molar-refractivity contribution in [1.29, 1.82) is 0 Å². The molecule has 2 atom stereocenters. The number of piperazine rings is 1. The molecule has 0 aliphatic carbocycles. The van der Waals surface area contributed by atoms with Gasteiger partial charge in [0.25, 0.3) is 5.91 Å². The van der Waals surface area contributed by atoms with Crippen LogP contribution in [0.5, 0.6) is 0 Å². The standard InChI is InChI=1S/C25H29FN7O2P/c1-14-10-32(11-15(2)28-14)20-7-6-18(22-23(20)31-21(9-27-22)36(4,5)35)25(34)30-17-8-19(26)24-29-16(3)12-33(24)13-17/h6-9,12-15,28H,10-11H2,1-5H3,(H,30,34)/t14-,15-/m1/s1. The lowest BCUT2D eigenvalue weighted by Gasteiger charge is -2.38. The number of rotatable bonds is 4. The third-order valence-electron chi connectivity index (χ3n) is 6.24. The van der Waals surface area contributed by atoms with Gasteiger partial charge in [0.1, 0.15) is 23.6 Å². The number of anilines is 2. The highest BCUT2D eigenvalue weighted by Crippen LogP contribution is 2.35. The quantitative estimate of drug-likeness (QED) is 0.406. The molecule has 36 heavy (non-hydrogen) atoms. The summed E-state index contributed by atoms with van der Waals surface area (Å²) in [6.07, 6.45) is 4.78. The Morgan fingerprint density at radius 3 is 2.56 bits per heavy atom. The first-order chi connectivity index (χ1) is 17.0. The first-order valence-corrected chi connectivity index (χ1v) is 14.4. The van der Waals surface area contributed by atoms with Crippen molar-refractivity contribution in [2.45, 2.75) is 32.9 Å². The molecule has 4 heterocycles. The predicted octanol–water partition coefficient (Wildman–Crippen LogP) is 3.41. The topological polar surface area (TPSA) is 105 Å². The lowest BCUT2D eigenvalue weighted by atomic mass is 10.1. The number of fused-ring (bicyclic) bond motifs is 2. The van der Waals surface area contributed by atoms with Gasteiger partial charge in [-0.1, -0.05) is 0 Å². The van der Waals surface area contributed by atoms with Crippen molar-refractivity contribution in [3.8, 4) is 0 Å². The normalized spacial score (nSPS) is 18.7. The molecule has 0 spiro atoms. The van der Waals surface area contributed by atoms with Gasteiger partial charge in [-0.25, -0.2) is 14.4 Å². The zero-order chi connectivity index (χ0) is 25.8. The molecule has 1 aliphatic heterocycles. The highest BCUT2D eigenvalue weighted by Gasteiger charge is 2.26. The fourth-order valence-electron chi connectivity index (χ4n) is 4.74. The molecular formula is C25H29FN7O2P. The zero-order valence-electron chi connectivity index (χ0n) is 20.9. The van der Waals surface area contributed by atoms with E-state index in [-0.39, 0.29) is 17.7 Å². The smallest absolute Gasteiger partial charge is 0.257 e. The number of amides is 1. The van der Waals surface area contributed by atoms with Gasteiger partial charge in [0.05, 0.1) is 28.8 Å². The molecule has 1 aliphatic rings. The number of pyridine rings is 1. The first kappa shape index (κ1) is 24.3. The zero-order valence-corrected chi connectivity index (χ0v) is 21.8. The van der Waals surface area contributed by atoms with Gasteiger partial charge in [-0.15, -0.1) is 0 Å². The molecule has 1 amide bonds. The number of aromatic nitrogens is 4. The maximum Gasteiger partial charge on any atom is 0.257 e. The molecular weight excluding hydrogens is 480 g/mol. The van der Waals surface area contributed by atoms with Gasteiger partial charge in [0.15, 0.2) is 11.5 Å². The van der Waals surface area contributed by atoms with Crippen LogP contribution in [-0.2, 0) is 4.57 Å². The van der Waals surface area contributed by atoms with E-state index < -0.39 is 18.9 Å². The van der Waals surface area contributed by atoms with E-state index in [1.807, 2.05) is 6.07 Å². The average molecular weight is 510 g/mol. The Kier molecular flexibility index (Phi) is 6.04. The molecule has 9 nitrogen and oxygen atoms in total. The molecule has 0 saturated carbocycles. The summed E-state index contributed by atoms with van der Waals surface area (Å²) < 4.78 is 28.9. The number of hydrogen-bond donors (Lipinski definition) is 2. The summed E-state index contributed by atoms with van der Waals surface area (Å²) in [5.41, 5.74) is 3.64. The van der Waals surface area contributed by atoms with Gasteiger partial charge < -0.3 is 24.5 Å². The van der Waals surface area contributed by atoms with Crippen molar-refractivity contribution >= 4 is 46.5 Å². The summed E-state index contributed by atoms with van der Waals surface area (Å²) in [6, 6.07) is 5.35. The van der Waals surface area contributed by atoms with Crippen molar-refractivity contribution in [3.63, 3.8) is 0 Å². The van der Waals surface area contributed by atoms with E-state index in [1.165, 1.54) is 12.3 Å². The van der Waals surface area contributed by atoms with E-state index in [9.17, 15) is 13.8 Å². The fraction of sp³-hybridized carbons (Fsp3) is 0.360. The molecule has 11 heteroatoms. The fourth-order valence-corrected chi connectivity index (χ4v) is 5.42. The highest BCUT2D eigenvalue weighted by molar-refractivity contribution is 7.69. The van der Waals surface area contributed by atoms with E-state index >= 15 is 0 Å². The minimum atomic E-state index is -2.68. The van der Waals surface area contributed by atoms with Gasteiger partial charge >= 0.3 is 0 Å². The van der Waals surface area contributed by atoms with Gasteiger partial charge in [-0.05, 0) is 46.2 Å². The Morgan fingerprint density at radius 1 is 1.14 bits per heavy atom. The van der Waals surface area contributed by atoms with Crippen LogP contribution in [0.15, 0.2) is 36.8 Å². The number of nitrogens with zero attached hydrogens (tertiary/aromatic N) is 5. The number of imidazole rings is 1. The number of aryl methyl sites for hydroxylation is 1. The molecule has 4 aromatic rings.